The highest BCUT2D eigenvalue weighted by Crippen LogP contribution is 2.31. The number of carbonyl (C=O) groups is 1. The molecule has 24 heavy (non-hydrogen) atoms. The van der Waals surface area contributed by atoms with E-state index in [1.54, 1.807) is 45.3 Å². The third-order valence-corrected chi connectivity index (χ3v) is 5.95. The zero-order valence-corrected chi connectivity index (χ0v) is 15.2. The molecule has 3 aromatic rings. The van der Waals surface area contributed by atoms with Crippen LogP contribution in [0.4, 0.5) is 0 Å². The Morgan fingerprint density at radius 1 is 1.38 bits per heavy atom. The van der Waals surface area contributed by atoms with Crippen LogP contribution in [0.5, 0.6) is 5.75 Å². The molecule has 0 aliphatic carbocycles. The van der Waals surface area contributed by atoms with Crippen LogP contribution in [0.2, 0.25) is 0 Å². The second-order valence-electron chi connectivity index (χ2n) is 5.25. The number of thiophene rings is 1. The summed E-state index contributed by atoms with van der Waals surface area (Å²) in [5.74, 6) is 1.67. The second-order valence-corrected chi connectivity index (χ2v) is 7.56. The van der Waals surface area contributed by atoms with Crippen LogP contribution < -0.4 is 10.3 Å². The monoisotopic (exact) mass is 360 g/mol. The maximum absolute atomic E-state index is 12.3. The largest absolute Gasteiger partial charge is 0.497 e. The van der Waals surface area contributed by atoms with E-state index in [9.17, 15) is 9.59 Å². The third-order valence-electron chi connectivity index (χ3n) is 3.71. The number of ether oxygens (including phenoxy) is 1. The zero-order chi connectivity index (χ0) is 17.3. The van der Waals surface area contributed by atoms with E-state index in [0.717, 1.165) is 4.21 Å². The van der Waals surface area contributed by atoms with Gasteiger partial charge in [0.05, 0.1) is 22.5 Å². The number of aromatic nitrogens is 2. The van der Waals surface area contributed by atoms with Crippen molar-refractivity contribution in [3.63, 3.8) is 0 Å². The number of Topliss-reactive ketones (excluding diaryl/α,β-unsaturated/α-hetero) is 1. The summed E-state index contributed by atoms with van der Waals surface area (Å²) in [5, 5.41) is 0.601. The standard InChI is InChI=1S/C17H16N2O3S2/c1-10-18-16-13(17(21)19(10)2)8-15(24-16)23-9-14(20)11-5-4-6-12(7-11)22-3/h4-8H,9H2,1-3H3. The van der Waals surface area contributed by atoms with Crippen molar-refractivity contribution in [2.75, 3.05) is 12.9 Å². The molecule has 3 rings (SSSR count). The van der Waals surface area contributed by atoms with Gasteiger partial charge in [0.25, 0.3) is 5.56 Å². The molecule has 0 bridgehead atoms. The Morgan fingerprint density at radius 3 is 2.92 bits per heavy atom. The van der Waals surface area contributed by atoms with Crippen molar-refractivity contribution in [1.29, 1.82) is 0 Å². The van der Waals surface area contributed by atoms with Crippen LogP contribution in [-0.2, 0) is 7.05 Å². The lowest BCUT2D eigenvalue weighted by Crippen LogP contribution is -2.19. The summed E-state index contributed by atoms with van der Waals surface area (Å²) >= 11 is 2.86. The topological polar surface area (TPSA) is 61.2 Å². The van der Waals surface area contributed by atoms with Crippen molar-refractivity contribution in [2.24, 2.45) is 7.05 Å². The lowest BCUT2D eigenvalue weighted by Gasteiger charge is -2.03. The average molecular weight is 360 g/mol. The zero-order valence-electron chi connectivity index (χ0n) is 13.5. The number of ketones is 1. The molecule has 0 aliphatic rings. The first kappa shape index (κ1) is 16.7. The molecule has 0 unspecified atom stereocenters. The highest BCUT2D eigenvalue weighted by Gasteiger charge is 2.13. The van der Waals surface area contributed by atoms with Gasteiger partial charge in [0.2, 0.25) is 0 Å². The van der Waals surface area contributed by atoms with E-state index >= 15 is 0 Å². The molecule has 124 valence electrons. The van der Waals surface area contributed by atoms with Gasteiger partial charge in [0.1, 0.15) is 16.4 Å². The van der Waals surface area contributed by atoms with E-state index in [-0.39, 0.29) is 11.3 Å². The Kier molecular flexibility index (Phi) is 4.73. The van der Waals surface area contributed by atoms with E-state index in [4.69, 9.17) is 4.74 Å². The van der Waals surface area contributed by atoms with Gasteiger partial charge in [-0.25, -0.2) is 4.98 Å². The van der Waals surface area contributed by atoms with Gasteiger partial charge in [-0.15, -0.1) is 23.1 Å². The Hall–Kier alpha value is -2.12. The van der Waals surface area contributed by atoms with E-state index in [1.165, 1.54) is 27.7 Å². The Morgan fingerprint density at radius 2 is 2.17 bits per heavy atom. The first-order valence-corrected chi connectivity index (χ1v) is 9.07. The fourth-order valence-corrected chi connectivity index (χ4v) is 4.32. The van der Waals surface area contributed by atoms with Gasteiger partial charge in [-0.1, -0.05) is 12.1 Å². The molecule has 0 atom stereocenters. The molecular formula is C17H16N2O3S2. The maximum Gasteiger partial charge on any atom is 0.262 e. The van der Waals surface area contributed by atoms with E-state index < -0.39 is 0 Å². The first-order valence-electron chi connectivity index (χ1n) is 7.27. The summed E-state index contributed by atoms with van der Waals surface area (Å²) in [6, 6.07) is 8.93. The van der Waals surface area contributed by atoms with Crippen molar-refractivity contribution >= 4 is 39.1 Å². The minimum absolute atomic E-state index is 0.0217. The Labute approximate surface area is 147 Å². The van der Waals surface area contributed by atoms with Crippen molar-refractivity contribution < 1.29 is 9.53 Å². The lowest BCUT2D eigenvalue weighted by atomic mass is 10.1. The van der Waals surface area contributed by atoms with E-state index in [2.05, 4.69) is 4.98 Å². The van der Waals surface area contributed by atoms with Gasteiger partial charge in [0, 0.05) is 12.6 Å². The highest BCUT2D eigenvalue weighted by atomic mass is 32.2. The van der Waals surface area contributed by atoms with Crippen LogP contribution in [0.25, 0.3) is 10.2 Å². The van der Waals surface area contributed by atoms with Gasteiger partial charge in [-0.3, -0.25) is 14.2 Å². The van der Waals surface area contributed by atoms with Crippen LogP contribution in [-0.4, -0.2) is 28.2 Å². The normalized spacial score (nSPS) is 11.0. The molecule has 0 radical (unpaired) electrons. The quantitative estimate of drug-likeness (QED) is 0.516. The molecule has 0 fully saturated rings. The molecule has 5 nitrogen and oxygen atoms in total. The van der Waals surface area contributed by atoms with Crippen LogP contribution in [0.1, 0.15) is 16.2 Å². The average Bonchev–Trinajstić information content (AvgIpc) is 3.00. The molecule has 0 saturated carbocycles. The molecule has 1 aromatic carbocycles. The number of nitrogens with zero attached hydrogens (tertiary/aromatic N) is 2. The minimum atomic E-state index is -0.0558. The van der Waals surface area contributed by atoms with Crippen molar-refractivity contribution in [3.8, 4) is 5.75 Å². The number of fused-ring (bicyclic) bond motifs is 1. The number of hydrogen-bond acceptors (Lipinski definition) is 6. The molecule has 0 aliphatic heterocycles. The summed E-state index contributed by atoms with van der Waals surface area (Å²) in [6.07, 6.45) is 0. The third kappa shape index (κ3) is 3.22. The number of methoxy groups -OCH3 is 1. The highest BCUT2D eigenvalue weighted by molar-refractivity contribution is 8.01. The number of hydrogen-bond donors (Lipinski definition) is 0. The summed E-state index contributed by atoms with van der Waals surface area (Å²) in [5.41, 5.74) is 0.563. The molecule has 0 saturated heterocycles. The summed E-state index contributed by atoms with van der Waals surface area (Å²) in [7, 11) is 3.28. The fraction of sp³-hybridized carbons (Fsp3) is 0.235. The van der Waals surface area contributed by atoms with Crippen LogP contribution in [0, 0.1) is 6.92 Å². The predicted molar refractivity (Wildman–Crippen MR) is 97.6 cm³/mol. The van der Waals surface area contributed by atoms with Crippen LogP contribution in [0.15, 0.2) is 39.3 Å². The van der Waals surface area contributed by atoms with Gasteiger partial charge in [-0.05, 0) is 25.1 Å². The molecule has 0 amide bonds. The van der Waals surface area contributed by atoms with Gasteiger partial charge >= 0.3 is 0 Å². The lowest BCUT2D eigenvalue weighted by molar-refractivity contribution is 0.102. The Balaban J connectivity index is 1.79. The predicted octanol–water partition coefficient (Wildman–Crippen LogP) is 3.29. The summed E-state index contributed by atoms with van der Waals surface area (Å²) in [6.45, 7) is 1.81. The molecule has 2 aromatic heterocycles. The van der Waals surface area contributed by atoms with Crippen LogP contribution in [0.3, 0.4) is 0 Å². The molecule has 7 heteroatoms. The number of aryl methyl sites for hydroxylation is 1. The van der Waals surface area contributed by atoms with E-state index in [0.29, 0.717) is 33.1 Å². The molecule has 0 N–H and O–H groups in total. The molecular weight excluding hydrogens is 344 g/mol. The SMILES string of the molecule is COc1cccc(C(=O)CSc2cc3c(=O)n(C)c(C)nc3s2)c1. The number of rotatable bonds is 5. The maximum atomic E-state index is 12.3. The van der Waals surface area contributed by atoms with Crippen molar-refractivity contribution in [3.05, 3.63) is 52.1 Å². The summed E-state index contributed by atoms with van der Waals surface area (Å²) in [4.78, 5) is 29.7. The van der Waals surface area contributed by atoms with Gasteiger partial charge < -0.3 is 4.74 Å². The van der Waals surface area contributed by atoms with Gasteiger partial charge in [-0.2, -0.15) is 0 Å². The number of thioether (sulfide) groups is 1. The van der Waals surface area contributed by atoms with Crippen LogP contribution >= 0.6 is 23.1 Å². The first-order chi connectivity index (χ1) is 11.5. The second kappa shape index (κ2) is 6.78. The van der Waals surface area contributed by atoms with Crippen molar-refractivity contribution in [2.45, 2.75) is 11.1 Å². The smallest absolute Gasteiger partial charge is 0.262 e. The minimum Gasteiger partial charge on any atom is -0.497 e. The van der Waals surface area contributed by atoms with E-state index in [1.807, 2.05) is 6.07 Å². The fourth-order valence-electron chi connectivity index (χ4n) is 2.23. The number of benzene rings is 1. The molecule has 0 spiro atoms. The Bertz CT molecular complexity index is 976. The molecule has 2 heterocycles. The van der Waals surface area contributed by atoms with Crippen molar-refractivity contribution in [1.82, 2.24) is 9.55 Å². The summed E-state index contributed by atoms with van der Waals surface area (Å²) < 4.78 is 7.59. The van der Waals surface area contributed by atoms with Gasteiger partial charge in [0.15, 0.2) is 5.78 Å². The number of carbonyl (C=O) groups excluding carboxylic acids is 1.